The third kappa shape index (κ3) is 3.77. The van der Waals surface area contributed by atoms with Crippen molar-refractivity contribution in [2.24, 2.45) is 0 Å². The minimum absolute atomic E-state index is 0.143. The van der Waals surface area contributed by atoms with Crippen LogP contribution in [0, 0.1) is 0 Å². The molecule has 8 heteroatoms. The third-order valence-electron chi connectivity index (χ3n) is 2.82. The smallest absolute Gasteiger partial charge is 0.243 e. The summed E-state index contributed by atoms with van der Waals surface area (Å²) in [6.07, 6.45) is 4.82. The van der Waals surface area contributed by atoms with Crippen LogP contribution in [0.2, 0.25) is 0 Å². The van der Waals surface area contributed by atoms with Crippen molar-refractivity contribution < 1.29 is 13.2 Å². The van der Waals surface area contributed by atoms with Gasteiger partial charge in [-0.2, -0.15) is 5.10 Å². The second kappa shape index (κ2) is 6.28. The second-order valence-electron chi connectivity index (χ2n) is 4.15. The molecule has 0 aliphatic carbocycles. The lowest BCUT2D eigenvalue weighted by molar-refractivity contribution is 0.0367. The van der Waals surface area contributed by atoms with Gasteiger partial charge < -0.3 is 10.1 Å². The van der Waals surface area contributed by atoms with E-state index in [-0.39, 0.29) is 17.5 Å². The van der Waals surface area contributed by atoms with Crippen LogP contribution >= 0.6 is 0 Å². The van der Waals surface area contributed by atoms with Gasteiger partial charge in [-0.3, -0.25) is 5.10 Å². The lowest BCUT2D eigenvalue weighted by Gasteiger charge is -2.22. The van der Waals surface area contributed by atoms with E-state index in [0.29, 0.717) is 6.61 Å². The molecule has 1 aliphatic rings. The summed E-state index contributed by atoms with van der Waals surface area (Å²) in [6.45, 7) is 2.59. The average molecular weight is 274 g/mol. The average Bonchev–Trinajstić information content (AvgIpc) is 2.91. The van der Waals surface area contributed by atoms with Gasteiger partial charge in [-0.15, -0.1) is 0 Å². The Labute approximate surface area is 106 Å². The van der Waals surface area contributed by atoms with Crippen molar-refractivity contribution in [2.75, 3.05) is 26.2 Å². The highest BCUT2D eigenvalue weighted by molar-refractivity contribution is 7.89. The number of aromatic amines is 1. The fourth-order valence-electron chi connectivity index (χ4n) is 1.83. The highest BCUT2D eigenvalue weighted by Crippen LogP contribution is 2.07. The minimum atomic E-state index is -3.46. The maximum absolute atomic E-state index is 11.7. The molecule has 102 valence electrons. The molecule has 1 aromatic heterocycles. The normalized spacial score (nSPS) is 18.0. The van der Waals surface area contributed by atoms with Crippen molar-refractivity contribution in [2.45, 2.75) is 23.8 Å². The van der Waals surface area contributed by atoms with E-state index < -0.39 is 10.0 Å². The first-order valence-corrected chi connectivity index (χ1v) is 7.47. The quantitative estimate of drug-likeness (QED) is 0.605. The van der Waals surface area contributed by atoms with Gasteiger partial charge in [-0.05, 0) is 25.9 Å². The zero-order valence-electron chi connectivity index (χ0n) is 10.1. The summed E-state index contributed by atoms with van der Waals surface area (Å²) in [6, 6.07) is 0. The van der Waals surface area contributed by atoms with Gasteiger partial charge in [0.15, 0.2) is 0 Å². The fraction of sp³-hybridized carbons (Fsp3) is 0.700. The van der Waals surface area contributed by atoms with E-state index in [1.165, 1.54) is 12.4 Å². The summed E-state index contributed by atoms with van der Waals surface area (Å²) in [4.78, 5) is 0.143. The monoisotopic (exact) mass is 274 g/mol. The molecule has 0 spiro atoms. The van der Waals surface area contributed by atoms with Gasteiger partial charge in [0.2, 0.25) is 10.0 Å². The maximum atomic E-state index is 11.7. The van der Waals surface area contributed by atoms with Crippen molar-refractivity contribution in [1.29, 1.82) is 0 Å². The Morgan fingerprint density at radius 2 is 2.22 bits per heavy atom. The van der Waals surface area contributed by atoms with Crippen LogP contribution in [0.25, 0.3) is 0 Å². The van der Waals surface area contributed by atoms with E-state index in [1.807, 2.05) is 0 Å². The van der Waals surface area contributed by atoms with Crippen molar-refractivity contribution in [1.82, 2.24) is 20.2 Å². The molecule has 2 heterocycles. The highest BCUT2D eigenvalue weighted by atomic mass is 32.2. The topological polar surface area (TPSA) is 96.1 Å². The van der Waals surface area contributed by atoms with Crippen molar-refractivity contribution in [3.8, 4) is 0 Å². The molecule has 0 saturated carbocycles. The highest BCUT2D eigenvalue weighted by Gasteiger charge is 2.16. The molecular weight excluding hydrogens is 256 g/mol. The number of aromatic nitrogens is 2. The van der Waals surface area contributed by atoms with E-state index >= 15 is 0 Å². The summed E-state index contributed by atoms with van der Waals surface area (Å²) in [5.41, 5.74) is 0. The standard InChI is InChI=1S/C10H18N4O3S/c15-18(16,10-7-12-13-8-10)14-5-6-17-9-1-3-11-4-2-9/h7-9,11,14H,1-6H2,(H,12,13). The Kier molecular flexibility index (Phi) is 4.70. The van der Waals surface area contributed by atoms with Gasteiger partial charge in [0.1, 0.15) is 4.90 Å². The van der Waals surface area contributed by atoms with Gasteiger partial charge in [0, 0.05) is 12.7 Å². The molecule has 1 aliphatic heterocycles. The van der Waals surface area contributed by atoms with Crippen LogP contribution in [-0.4, -0.2) is 51.0 Å². The van der Waals surface area contributed by atoms with E-state index in [2.05, 4.69) is 20.2 Å². The third-order valence-corrected chi connectivity index (χ3v) is 4.25. The number of hydrogen-bond acceptors (Lipinski definition) is 5. The van der Waals surface area contributed by atoms with Gasteiger partial charge in [0.25, 0.3) is 0 Å². The molecule has 1 fully saturated rings. The molecule has 0 aromatic carbocycles. The predicted octanol–water partition coefficient (Wildman–Crippen LogP) is -0.543. The van der Waals surface area contributed by atoms with E-state index in [9.17, 15) is 8.42 Å². The molecule has 0 amide bonds. The summed E-state index contributed by atoms with van der Waals surface area (Å²) in [5.74, 6) is 0. The number of ether oxygens (including phenoxy) is 1. The fourth-order valence-corrected chi connectivity index (χ4v) is 2.75. The molecular formula is C10H18N4O3S. The van der Waals surface area contributed by atoms with Crippen LogP contribution in [0.1, 0.15) is 12.8 Å². The number of piperidine rings is 1. The van der Waals surface area contributed by atoms with Crippen LogP contribution in [-0.2, 0) is 14.8 Å². The Morgan fingerprint density at radius 1 is 1.44 bits per heavy atom. The lowest BCUT2D eigenvalue weighted by atomic mass is 10.1. The Balaban J connectivity index is 1.69. The summed E-state index contributed by atoms with van der Waals surface area (Å²) >= 11 is 0. The van der Waals surface area contributed by atoms with Crippen molar-refractivity contribution in [3.05, 3.63) is 12.4 Å². The molecule has 0 unspecified atom stereocenters. The van der Waals surface area contributed by atoms with Crippen LogP contribution in [0.4, 0.5) is 0 Å². The number of sulfonamides is 1. The van der Waals surface area contributed by atoms with Crippen LogP contribution < -0.4 is 10.0 Å². The number of hydrogen-bond donors (Lipinski definition) is 3. The molecule has 1 aromatic rings. The second-order valence-corrected chi connectivity index (χ2v) is 5.92. The predicted molar refractivity (Wildman–Crippen MR) is 65.6 cm³/mol. The van der Waals surface area contributed by atoms with Crippen molar-refractivity contribution in [3.63, 3.8) is 0 Å². The SMILES string of the molecule is O=S(=O)(NCCOC1CCNCC1)c1cn[nH]c1. The molecule has 0 radical (unpaired) electrons. The van der Waals surface area contributed by atoms with E-state index in [4.69, 9.17) is 4.74 Å². The van der Waals surface area contributed by atoms with Gasteiger partial charge >= 0.3 is 0 Å². The Hall–Kier alpha value is -0.960. The molecule has 0 atom stereocenters. The van der Waals surface area contributed by atoms with Crippen LogP contribution in [0.5, 0.6) is 0 Å². The number of H-pyrrole nitrogens is 1. The Morgan fingerprint density at radius 3 is 2.89 bits per heavy atom. The first-order valence-electron chi connectivity index (χ1n) is 5.99. The molecule has 3 N–H and O–H groups in total. The molecule has 0 bridgehead atoms. The maximum Gasteiger partial charge on any atom is 0.243 e. The number of nitrogens with one attached hydrogen (secondary N) is 3. The van der Waals surface area contributed by atoms with Crippen LogP contribution in [0.3, 0.4) is 0 Å². The molecule has 1 saturated heterocycles. The van der Waals surface area contributed by atoms with E-state index in [1.54, 1.807) is 0 Å². The zero-order chi connectivity index (χ0) is 12.8. The van der Waals surface area contributed by atoms with Gasteiger partial charge in [-0.25, -0.2) is 13.1 Å². The first-order chi connectivity index (χ1) is 8.68. The molecule has 2 rings (SSSR count). The summed E-state index contributed by atoms with van der Waals surface area (Å²) in [7, 11) is -3.46. The summed E-state index contributed by atoms with van der Waals surface area (Å²) < 4.78 is 31.5. The molecule has 7 nitrogen and oxygen atoms in total. The largest absolute Gasteiger partial charge is 0.377 e. The lowest BCUT2D eigenvalue weighted by Crippen LogP contribution is -2.34. The van der Waals surface area contributed by atoms with Crippen LogP contribution in [0.15, 0.2) is 17.3 Å². The van der Waals surface area contributed by atoms with E-state index in [0.717, 1.165) is 25.9 Å². The van der Waals surface area contributed by atoms with Gasteiger partial charge in [-0.1, -0.05) is 0 Å². The number of nitrogens with zero attached hydrogens (tertiary/aromatic N) is 1. The summed E-state index contributed by atoms with van der Waals surface area (Å²) in [5, 5.41) is 9.32. The first kappa shape index (κ1) is 13.5. The minimum Gasteiger partial charge on any atom is -0.377 e. The number of rotatable bonds is 6. The van der Waals surface area contributed by atoms with Crippen molar-refractivity contribution >= 4 is 10.0 Å². The van der Waals surface area contributed by atoms with Gasteiger partial charge in [0.05, 0.1) is 18.9 Å². The Bertz CT molecular complexity index is 440. The zero-order valence-corrected chi connectivity index (χ0v) is 10.9. The molecule has 18 heavy (non-hydrogen) atoms.